The summed E-state index contributed by atoms with van der Waals surface area (Å²) in [7, 11) is 0. The minimum atomic E-state index is -1.28. The fourth-order valence-electron chi connectivity index (χ4n) is 4.26. The highest BCUT2D eigenvalue weighted by Gasteiger charge is 2.64. The number of rotatable bonds is 6. The predicted molar refractivity (Wildman–Crippen MR) is 124 cm³/mol. The zero-order chi connectivity index (χ0) is 23.2. The second-order valence-corrected chi connectivity index (χ2v) is 8.36. The van der Waals surface area contributed by atoms with Crippen LogP contribution >= 0.6 is 0 Å². The van der Waals surface area contributed by atoms with Crippen molar-refractivity contribution in [3.05, 3.63) is 84.3 Å². The number of hydrogen-bond acceptors (Lipinski definition) is 5. The van der Waals surface area contributed by atoms with Gasteiger partial charge >= 0.3 is 0 Å². The van der Waals surface area contributed by atoms with Crippen molar-refractivity contribution >= 4 is 22.7 Å². The van der Waals surface area contributed by atoms with Crippen molar-refractivity contribution in [3.63, 3.8) is 0 Å². The Labute approximate surface area is 190 Å². The summed E-state index contributed by atoms with van der Waals surface area (Å²) in [4.78, 5) is 32.4. The minimum Gasteiger partial charge on any atom is -0.457 e. The molecule has 7 heteroatoms. The number of nitrogens with two attached hydrogens (primary N) is 2. The Morgan fingerprint density at radius 1 is 0.939 bits per heavy atom. The van der Waals surface area contributed by atoms with Crippen LogP contribution < -0.4 is 16.2 Å². The van der Waals surface area contributed by atoms with Crippen molar-refractivity contribution in [2.24, 2.45) is 16.9 Å². The average Bonchev–Trinajstić information content (AvgIpc) is 3.58. The lowest BCUT2D eigenvalue weighted by Crippen LogP contribution is -2.38. The topological polar surface area (TPSA) is 121 Å². The van der Waals surface area contributed by atoms with Crippen molar-refractivity contribution < 1.29 is 14.3 Å². The number of carbonyl (C=O) groups excluding carboxylic acids is 2. The summed E-state index contributed by atoms with van der Waals surface area (Å²) in [5.74, 6) is -0.342. The number of benzene rings is 2. The fourth-order valence-corrected chi connectivity index (χ4v) is 4.26. The van der Waals surface area contributed by atoms with Crippen LogP contribution in [0.5, 0.6) is 11.5 Å². The van der Waals surface area contributed by atoms with Gasteiger partial charge in [0.05, 0.1) is 5.52 Å². The SMILES string of the molecule is Cc1ccc(-c2ccc3c(Oc4ccc(C5CC5(C(N)=O)C(N)=O)cc4)ccnc3c2)cn1. The van der Waals surface area contributed by atoms with Gasteiger partial charge in [0, 0.05) is 35.0 Å². The van der Waals surface area contributed by atoms with Crippen molar-refractivity contribution in [1.82, 2.24) is 9.97 Å². The van der Waals surface area contributed by atoms with E-state index in [1.165, 1.54) is 0 Å². The van der Waals surface area contributed by atoms with Gasteiger partial charge in [-0.3, -0.25) is 19.6 Å². The van der Waals surface area contributed by atoms with E-state index in [4.69, 9.17) is 16.2 Å². The lowest BCUT2D eigenvalue weighted by molar-refractivity contribution is -0.133. The predicted octanol–water partition coefficient (Wildman–Crippen LogP) is 3.84. The van der Waals surface area contributed by atoms with Gasteiger partial charge in [-0.25, -0.2) is 0 Å². The van der Waals surface area contributed by atoms with Crippen molar-refractivity contribution in [2.75, 3.05) is 0 Å². The van der Waals surface area contributed by atoms with Gasteiger partial charge in [0.2, 0.25) is 11.8 Å². The summed E-state index contributed by atoms with van der Waals surface area (Å²) in [6, 6.07) is 19.1. The largest absolute Gasteiger partial charge is 0.457 e. The molecule has 2 heterocycles. The summed E-state index contributed by atoms with van der Waals surface area (Å²) in [6.45, 7) is 1.96. The van der Waals surface area contributed by atoms with Gasteiger partial charge in [0.15, 0.2) is 0 Å². The third-order valence-electron chi connectivity index (χ3n) is 6.30. The van der Waals surface area contributed by atoms with Crippen LogP contribution in [0.1, 0.15) is 23.6 Å². The molecule has 7 nitrogen and oxygen atoms in total. The van der Waals surface area contributed by atoms with E-state index in [2.05, 4.69) is 9.97 Å². The lowest BCUT2D eigenvalue weighted by Gasteiger charge is -2.12. The van der Waals surface area contributed by atoms with Crippen LogP contribution in [0.4, 0.5) is 0 Å². The first-order valence-corrected chi connectivity index (χ1v) is 10.6. The summed E-state index contributed by atoms with van der Waals surface area (Å²) in [6.07, 6.45) is 3.90. The third-order valence-corrected chi connectivity index (χ3v) is 6.30. The molecule has 2 aromatic heterocycles. The number of nitrogens with zero attached hydrogens (tertiary/aromatic N) is 2. The standard InChI is InChI=1S/C26H22N4O3/c1-15-2-3-18(14-30-15)17-6-9-20-22(12-17)29-11-10-23(20)33-19-7-4-16(5-8-19)21-13-26(21,24(27)31)25(28)32/h2-12,14,21H,13H2,1H3,(H2,27,31)(H2,28,32). The van der Waals surface area contributed by atoms with E-state index in [1.54, 1.807) is 18.3 Å². The fraction of sp³-hybridized carbons (Fsp3) is 0.154. The molecule has 4 N–H and O–H groups in total. The van der Waals surface area contributed by atoms with E-state index in [9.17, 15) is 9.59 Å². The first-order valence-electron chi connectivity index (χ1n) is 10.6. The van der Waals surface area contributed by atoms with Gasteiger partial charge in [-0.1, -0.05) is 24.3 Å². The molecule has 4 aromatic rings. The molecule has 1 unspecified atom stereocenters. The number of aromatic nitrogens is 2. The third kappa shape index (κ3) is 3.57. The molecule has 1 atom stereocenters. The number of primary amides is 2. The van der Waals surface area contributed by atoms with Gasteiger partial charge < -0.3 is 16.2 Å². The van der Waals surface area contributed by atoms with Crippen molar-refractivity contribution in [2.45, 2.75) is 19.3 Å². The van der Waals surface area contributed by atoms with Gasteiger partial charge in [0.25, 0.3) is 0 Å². The van der Waals surface area contributed by atoms with E-state index in [-0.39, 0.29) is 5.92 Å². The smallest absolute Gasteiger partial charge is 0.233 e. The first-order chi connectivity index (χ1) is 15.9. The summed E-state index contributed by atoms with van der Waals surface area (Å²) < 4.78 is 6.12. The van der Waals surface area contributed by atoms with E-state index in [0.29, 0.717) is 17.9 Å². The normalized spacial score (nSPS) is 16.3. The highest BCUT2D eigenvalue weighted by Crippen LogP contribution is 2.59. The number of hydrogen-bond donors (Lipinski definition) is 2. The molecule has 5 rings (SSSR count). The molecule has 0 saturated heterocycles. The molecular weight excluding hydrogens is 416 g/mol. The Bertz CT molecular complexity index is 1370. The van der Waals surface area contributed by atoms with Crippen molar-refractivity contribution in [1.29, 1.82) is 0 Å². The molecule has 33 heavy (non-hydrogen) atoms. The molecular formula is C26H22N4O3. The highest BCUT2D eigenvalue weighted by atomic mass is 16.5. The Kier molecular flexibility index (Phi) is 4.82. The number of amides is 2. The molecule has 0 spiro atoms. The van der Waals surface area contributed by atoms with Crippen LogP contribution in [0.3, 0.4) is 0 Å². The molecule has 0 bridgehead atoms. The monoisotopic (exact) mass is 438 g/mol. The maximum atomic E-state index is 11.8. The van der Waals surface area contributed by atoms with Crippen LogP contribution in [-0.4, -0.2) is 21.8 Å². The summed E-state index contributed by atoms with van der Waals surface area (Å²) in [5, 5.41) is 0.883. The van der Waals surface area contributed by atoms with Crippen molar-refractivity contribution in [3.8, 4) is 22.6 Å². The van der Waals surface area contributed by atoms with Crippen LogP contribution in [0.25, 0.3) is 22.0 Å². The average molecular weight is 438 g/mol. The summed E-state index contributed by atoms with van der Waals surface area (Å²) >= 11 is 0. The van der Waals surface area contributed by atoms with E-state index in [0.717, 1.165) is 33.3 Å². The maximum Gasteiger partial charge on any atom is 0.233 e. The Morgan fingerprint density at radius 2 is 1.67 bits per heavy atom. The molecule has 0 aliphatic heterocycles. The van der Waals surface area contributed by atoms with Gasteiger partial charge in [-0.05, 0) is 60.9 Å². The molecule has 0 radical (unpaired) electrons. The lowest BCUT2D eigenvalue weighted by atomic mass is 9.97. The molecule has 2 amide bonds. The highest BCUT2D eigenvalue weighted by molar-refractivity contribution is 6.08. The van der Waals surface area contributed by atoms with Crippen LogP contribution in [0.2, 0.25) is 0 Å². The summed E-state index contributed by atoms with van der Waals surface area (Å²) in [5.41, 5.74) is 14.2. The van der Waals surface area contributed by atoms with Gasteiger partial charge in [-0.15, -0.1) is 0 Å². The first kappa shape index (κ1) is 20.6. The molecule has 1 aliphatic rings. The number of aryl methyl sites for hydroxylation is 1. The molecule has 1 fully saturated rings. The Morgan fingerprint density at radius 3 is 2.30 bits per heavy atom. The number of fused-ring (bicyclic) bond motifs is 1. The minimum absolute atomic E-state index is 0.294. The Balaban J connectivity index is 1.39. The number of carbonyl (C=O) groups is 2. The van der Waals surface area contributed by atoms with E-state index >= 15 is 0 Å². The van der Waals surface area contributed by atoms with Crippen LogP contribution in [-0.2, 0) is 9.59 Å². The Hall–Kier alpha value is -4.26. The van der Waals surface area contributed by atoms with Gasteiger partial charge in [-0.2, -0.15) is 0 Å². The molecule has 164 valence electrons. The maximum absolute atomic E-state index is 11.8. The number of ether oxygens (including phenoxy) is 1. The quantitative estimate of drug-likeness (QED) is 0.443. The molecule has 1 saturated carbocycles. The van der Waals surface area contributed by atoms with Crippen LogP contribution in [0.15, 0.2) is 73.1 Å². The van der Waals surface area contributed by atoms with E-state index in [1.807, 2.05) is 61.7 Å². The zero-order valence-electron chi connectivity index (χ0n) is 18.0. The van der Waals surface area contributed by atoms with E-state index < -0.39 is 17.2 Å². The van der Waals surface area contributed by atoms with Crippen LogP contribution in [0, 0.1) is 12.3 Å². The number of pyridine rings is 2. The molecule has 2 aromatic carbocycles. The second kappa shape index (κ2) is 7.70. The molecule has 1 aliphatic carbocycles. The second-order valence-electron chi connectivity index (χ2n) is 8.36. The van der Waals surface area contributed by atoms with Gasteiger partial charge in [0.1, 0.15) is 16.9 Å². The zero-order valence-corrected chi connectivity index (χ0v) is 18.0.